The van der Waals surface area contributed by atoms with Crippen LogP contribution in [0.3, 0.4) is 0 Å². The number of benzene rings is 2. The molecule has 0 aliphatic carbocycles. The summed E-state index contributed by atoms with van der Waals surface area (Å²) in [5.74, 6) is -0.534. The van der Waals surface area contributed by atoms with Crippen molar-refractivity contribution in [3.05, 3.63) is 75.1 Å². The zero-order valence-electron chi connectivity index (χ0n) is 20.8. The quantitative estimate of drug-likeness (QED) is 0.439. The molecule has 9 heteroatoms. The van der Waals surface area contributed by atoms with E-state index >= 15 is 0 Å². The van der Waals surface area contributed by atoms with Crippen molar-refractivity contribution in [3.63, 3.8) is 0 Å². The highest BCUT2D eigenvalue weighted by atomic mass is 35.5. The van der Waals surface area contributed by atoms with Crippen LogP contribution in [0.25, 0.3) is 12.2 Å². The number of aryl methyl sites for hydroxylation is 4. The molecule has 1 atom stereocenters. The number of halogens is 1. The van der Waals surface area contributed by atoms with Crippen molar-refractivity contribution in [3.8, 4) is 0 Å². The van der Waals surface area contributed by atoms with Gasteiger partial charge in [-0.3, -0.25) is 4.79 Å². The summed E-state index contributed by atoms with van der Waals surface area (Å²) in [5.41, 5.74) is 4.94. The first-order valence-electron chi connectivity index (χ1n) is 11.8. The van der Waals surface area contributed by atoms with Crippen LogP contribution in [0.15, 0.2) is 45.8 Å². The van der Waals surface area contributed by atoms with Crippen LogP contribution in [-0.2, 0) is 14.8 Å². The van der Waals surface area contributed by atoms with Gasteiger partial charge >= 0.3 is 0 Å². The van der Waals surface area contributed by atoms with Gasteiger partial charge in [-0.15, -0.1) is 0 Å². The van der Waals surface area contributed by atoms with Gasteiger partial charge in [-0.05, 0) is 75.4 Å². The number of carbonyl (C=O) groups is 1. The molecule has 1 aromatic heterocycles. The summed E-state index contributed by atoms with van der Waals surface area (Å²) in [6.07, 6.45) is 4.65. The number of anilines is 1. The molecule has 3 aromatic rings. The first kappa shape index (κ1) is 26.1. The van der Waals surface area contributed by atoms with Gasteiger partial charge in [0.15, 0.2) is 10.7 Å². The van der Waals surface area contributed by atoms with Gasteiger partial charge in [-0.2, -0.15) is 4.31 Å². The van der Waals surface area contributed by atoms with E-state index in [0.29, 0.717) is 30.1 Å². The molecule has 1 amide bonds. The molecule has 1 N–H and O–H groups in total. The lowest BCUT2D eigenvalue weighted by molar-refractivity contribution is -0.120. The van der Waals surface area contributed by atoms with E-state index in [1.807, 2.05) is 51.1 Å². The van der Waals surface area contributed by atoms with Crippen molar-refractivity contribution in [2.24, 2.45) is 5.92 Å². The smallest absolute Gasteiger partial charge is 0.248 e. The minimum Gasteiger partial charge on any atom is -0.355 e. The second-order valence-corrected chi connectivity index (χ2v) is 11.6. The zero-order valence-corrected chi connectivity index (χ0v) is 22.4. The van der Waals surface area contributed by atoms with Crippen LogP contribution in [0.1, 0.15) is 46.5 Å². The minimum absolute atomic E-state index is 0.0378. The van der Waals surface area contributed by atoms with E-state index in [4.69, 9.17) is 16.1 Å². The SMILES string of the molecule is Cc1ccc(C)c(/C=C/c2onc(C)c2S(=O)(=O)N2CCCC(C(=O)Nc3cc(Cl)ccc3C)C2)c1. The molecule has 1 aliphatic rings. The number of rotatable bonds is 6. The standard InChI is InChI=1S/C27H30ClN3O4S/c1-17-7-8-18(2)21(14-17)10-12-25-26(20(4)30-35-25)36(33,34)31-13-5-6-22(16-31)27(32)29-24-15-23(28)11-9-19(24)3/h7-12,14-15,22H,5-6,13,16H2,1-4H3,(H,29,32)/b12-10+. The average molecular weight is 528 g/mol. The molecule has 36 heavy (non-hydrogen) atoms. The van der Waals surface area contributed by atoms with Crippen LogP contribution in [-0.4, -0.2) is 36.9 Å². The van der Waals surface area contributed by atoms with Crippen molar-refractivity contribution in [1.82, 2.24) is 9.46 Å². The summed E-state index contributed by atoms with van der Waals surface area (Å²) in [4.78, 5) is 13.1. The Hall–Kier alpha value is -2.94. The number of hydrogen-bond acceptors (Lipinski definition) is 5. The van der Waals surface area contributed by atoms with Crippen molar-refractivity contribution in [2.45, 2.75) is 45.4 Å². The fraction of sp³-hybridized carbons (Fsp3) is 0.333. The molecule has 0 radical (unpaired) electrons. The van der Waals surface area contributed by atoms with E-state index in [1.165, 1.54) is 4.31 Å². The Balaban J connectivity index is 1.56. The Kier molecular flexibility index (Phi) is 7.68. The van der Waals surface area contributed by atoms with E-state index in [0.717, 1.165) is 22.3 Å². The molecule has 190 valence electrons. The highest BCUT2D eigenvalue weighted by Gasteiger charge is 2.37. The number of amides is 1. The lowest BCUT2D eigenvalue weighted by Crippen LogP contribution is -2.44. The molecule has 0 saturated carbocycles. The van der Waals surface area contributed by atoms with Crippen LogP contribution < -0.4 is 5.32 Å². The number of carbonyl (C=O) groups excluding carboxylic acids is 1. The van der Waals surface area contributed by atoms with Crippen molar-refractivity contribution in [2.75, 3.05) is 18.4 Å². The lowest BCUT2D eigenvalue weighted by atomic mass is 9.98. The third-order valence-electron chi connectivity index (χ3n) is 6.49. The largest absolute Gasteiger partial charge is 0.355 e. The maximum absolute atomic E-state index is 13.7. The first-order chi connectivity index (χ1) is 17.1. The normalized spacial score (nSPS) is 17.0. The van der Waals surface area contributed by atoms with Crippen LogP contribution in [0.2, 0.25) is 5.02 Å². The average Bonchev–Trinajstić information content (AvgIpc) is 3.23. The van der Waals surface area contributed by atoms with Gasteiger partial charge in [-0.25, -0.2) is 8.42 Å². The van der Waals surface area contributed by atoms with Crippen molar-refractivity contribution < 1.29 is 17.7 Å². The summed E-state index contributed by atoms with van der Waals surface area (Å²) in [5, 5.41) is 7.37. The first-order valence-corrected chi connectivity index (χ1v) is 13.7. The number of sulfonamides is 1. The lowest BCUT2D eigenvalue weighted by Gasteiger charge is -2.31. The van der Waals surface area contributed by atoms with Crippen LogP contribution >= 0.6 is 11.6 Å². The predicted octanol–water partition coefficient (Wildman–Crippen LogP) is 5.77. The monoisotopic (exact) mass is 527 g/mol. The van der Waals surface area contributed by atoms with Crippen LogP contribution in [0.5, 0.6) is 0 Å². The Morgan fingerprint density at radius 3 is 2.64 bits per heavy atom. The highest BCUT2D eigenvalue weighted by Crippen LogP contribution is 2.30. The number of nitrogens with zero attached hydrogens (tertiary/aromatic N) is 2. The predicted molar refractivity (Wildman–Crippen MR) is 142 cm³/mol. The maximum Gasteiger partial charge on any atom is 0.248 e. The third-order valence-corrected chi connectivity index (χ3v) is 8.75. The Morgan fingerprint density at radius 1 is 1.11 bits per heavy atom. The Labute approximate surface area is 217 Å². The van der Waals surface area contributed by atoms with Gasteiger partial charge in [0.1, 0.15) is 5.69 Å². The molecule has 2 heterocycles. The Morgan fingerprint density at radius 2 is 1.86 bits per heavy atom. The summed E-state index contributed by atoms with van der Waals surface area (Å²) < 4.78 is 34.2. The van der Waals surface area contributed by atoms with Gasteiger partial charge in [0, 0.05) is 23.8 Å². The molecule has 1 aliphatic heterocycles. The number of piperidine rings is 1. The second-order valence-electron chi connectivity index (χ2n) is 9.31. The fourth-order valence-corrected chi connectivity index (χ4v) is 6.32. The third kappa shape index (κ3) is 5.56. The van der Waals surface area contributed by atoms with E-state index in [1.54, 1.807) is 25.1 Å². The van der Waals surface area contributed by atoms with Gasteiger partial charge in [0.05, 0.1) is 5.92 Å². The summed E-state index contributed by atoms with van der Waals surface area (Å²) in [6.45, 7) is 7.90. The molecule has 1 saturated heterocycles. The Bertz CT molecular complexity index is 1430. The zero-order chi connectivity index (χ0) is 26.0. The van der Waals surface area contributed by atoms with Gasteiger partial charge in [0.2, 0.25) is 15.9 Å². The van der Waals surface area contributed by atoms with E-state index in [2.05, 4.69) is 10.5 Å². The van der Waals surface area contributed by atoms with Crippen molar-refractivity contribution in [1.29, 1.82) is 0 Å². The summed E-state index contributed by atoms with van der Waals surface area (Å²) >= 11 is 6.08. The van der Waals surface area contributed by atoms with E-state index < -0.39 is 15.9 Å². The van der Waals surface area contributed by atoms with Gasteiger partial charge in [0.25, 0.3) is 0 Å². The van der Waals surface area contributed by atoms with Crippen LogP contribution in [0.4, 0.5) is 5.69 Å². The maximum atomic E-state index is 13.7. The van der Waals surface area contributed by atoms with Gasteiger partial charge < -0.3 is 9.84 Å². The number of nitrogens with one attached hydrogen (secondary N) is 1. The van der Waals surface area contributed by atoms with E-state index in [9.17, 15) is 13.2 Å². The van der Waals surface area contributed by atoms with E-state index in [-0.39, 0.29) is 28.8 Å². The second kappa shape index (κ2) is 10.6. The summed E-state index contributed by atoms with van der Waals surface area (Å²) in [7, 11) is -3.93. The summed E-state index contributed by atoms with van der Waals surface area (Å²) in [6, 6.07) is 11.4. The molecule has 0 spiro atoms. The molecule has 2 aromatic carbocycles. The molecular formula is C27H30ClN3O4S. The molecule has 7 nitrogen and oxygen atoms in total. The molecule has 1 unspecified atom stereocenters. The minimum atomic E-state index is -3.93. The van der Waals surface area contributed by atoms with Crippen LogP contribution in [0, 0.1) is 33.6 Å². The molecule has 0 bridgehead atoms. The number of aromatic nitrogens is 1. The number of hydrogen-bond donors (Lipinski definition) is 1. The topological polar surface area (TPSA) is 92.5 Å². The highest BCUT2D eigenvalue weighted by molar-refractivity contribution is 7.89. The van der Waals surface area contributed by atoms with Gasteiger partial charge in [-0.1, -0.05) is 52.7 Å². The molecule has 1 fully saturated rings. The molecular weight excluding hydrogens is 498 g/mol. The fourth-order valence-electron chi connectivity index (χ4n) is 4.37. The van der Waals surface area contributed by atoms with Crippen molar-refractivity contribution >= 4 is 45.4 Å². The molecule has 4 rings (SSSR count).